The van der Waals surface area contributed by atoms with Crippen molar-refractivity contribution in [3.63, 3.8) is 0 Å². The minimum atomic E-state index is -0.475. The number of hydrogen-bond donors (Lipinski definition) is 1. The van der Waals surface area contributed by atoms with Crippen LogP contribution in [-0.2, 0) is 0 Å². The van der Waals surface area contributed by atoms with Crippen molar-refractivity contribution < 1.29 is 44.1 Å². The van der Waals surface area contributed by atoms with Crippen LogP contribution >= 0.6 is 0 Å². The molecule has 0 amide bonds. The molecule has 1 heterocycles. The second-order valence-electron chi connectivity index (χ2n) is 1.29. The van der Waals surface area contributed by atoms with Gasteiger partial charge in [0.15, 0.2) is 0 Å². The van der Waals surface area contributed by atoms with Crippen LogP contribution in [0.1, 0.15) is 0 Å². The Hall–Kier alpha value is 0.122. The SMILES string of the molecule is [Ac].[NH-]c1ccnc(=O)[nH]1. The van der Waals surface area contributed by atoms with E-state index in [-0.39, 0.29) is 49.9 Å². The molecule has 0 aliphatic rings. The quantitative estimate of drug-likeness (QED) is 0.747. The van der Waals surface area contributed by atoms with Crippen molar-refractivity contribution in [2.24, 2.45) is 0 Å². The second kappa shape index (κ2) is 4.02. The standard InChI is InChI=1S/C4H5N3O.Ac/c5-3-1-2-6-4(8)7-3;/h1-2H,(H3,5,6,7,8);/p-1. The number of rotatable bonds is 0. The van der Waals surface area contributed by atoms with Crippen LogP contribution in [0.4, 0.5) is 5.82 Å². The molecule has 0 aliphatic carbocycles. The van der Waals surface area contributed by atoms with Crippen molar-refractivity contribution in [1.29, 1.82) is 0 Å². The van der Waals surface area contributed by atoms with Crippen LogP contribution in [0.3, 0.4) is 0 Å². The molecular weight excluding hydrogens is 333 g/mol. The fraction of sp³-hybridized carbons (Fsp3) is 0. The maximum Gasteiger partial charge on any atom is 0.262 e. The number of hydrogen-bond acceptors (Lipinski definition) is 2. The summed E-state index contributed by atoms with van der Waals surface area (Å²) in [6, 6.07) is 1.40. The van der Waals surface area contributed by atoms with Gasteiger partial charge in [-0.15, -0.1) is 0 Å². The molecule has 0 bridgehead atoms. The van der Waals surface area contributed by atoms with Gasteiger partial charge in [-0.1, -0.05) is 5.82 Å². The van der Waals surface area contributed by atoms with E-state index < -0.39 is 5.69 Å². The molecule has 1 rings (SSSR count). The summed E-state index contributed by atoms with van der Waals surface area (Å²) < 4.78 is 0. The molecule has 5 heteroatoms. The summed E-state index contributed by atoms with van der Waals surface area (Å²) in [5.74, 6) is 0.0880. The minimum Gasteiger partial charge on any atom is -0.482 e. The smallest absolute Gasteiger partial charge is 0.262 e. The molecule has 2 N–H and O–H groups in total. The number of nitrogens with zero attached hydrogens (tertiary/aromatic N) is 1. The molecule has 45 valence electrons. The molecule has 9 heavy (non-hydrogen) atoms. The van der Waals surface area contributed by atoms with E-state index in [1.807, 2.05) is 0 Å². The fourth-order valence-corrected chi connectivity index (χ4v) is 0.369. The first-order valence-electron chi connectivity index (χ1n) is 2.06. The average Bonchev–Trinajstić information content (AvgIpc) is 1.64. The molecule has 0 aliphatic heterocycles. The molecule has 4 nitrogen and oxygen atoms in total. The molecule has 0 fully saturated rings. The van der Waals surface area contributed by atoms with Crippen molar-refractivity contribution >= 4 is 5.82 Å². The topological polar surface area (TPSA) is 69.5 Å². The summed E-state index contributed by atoms with van der Waals surface area (Å²) in [6.45, 7) is 0. The first-order chi connectivity index (χ1) is 3.79. The van der Waals surface area contributed by atoms with Crippen LogP contribution in [0.15, 0.2) is 17.1 Å². The maximum atomic E-state index is 10.2. The zero-order valence-corrected chi connectivity index (χ0v) is 9.33. The Labute approximate surface area is 87.4 Å². The van der Waals surface area contributed by atoms with Gasteiger partial charge in [-0.3, -0.25) is 4.79 Å². The van der Waals surface area contributed by atoms with Crippen LogP contribution in [0.2, 0.25) is 0 Å². The van der Waals surface area contributed by atoms with Crippen LogP contribution in [-0.4, -0.2) is 9.97 Å². The van der Waals surface area contributed by atoms with Crippen molar-refractivity contribution in [2.45, 2.75) is 0 Å². The number of aromatic amines is 1. The molecule has 0 atom stereocenters. The van der Waals surface area contributed by atoms with Crippen molar-refractivity contribution in [2.75, 3.05) is 0 Å². The van der Waals surface area contributed by atoms with Gasteiger partial charge in [0.05, 0.1) is 0 Å². The van der Waals surface area contributed by atoms with Crippen molar-refractivity contribution in [3.05, 3.63) is 28.5 Å². The Morgan fingerprint density at radius 3 is 2.67 bits per heavy atom. The van der Waals surface area contributed by atoms with E-state index in [4.69, 9.17) is 5.73 Å². The van der Waals surface area contributed by atoms with Gasteiger partial charge in [-0.05, 0) is 6.07 Å². The molecule has 0 saturated carbocycles. The van der Waals surface area contributed by atoms with Gasteiger partial charge >= 0.3 is 0 Å². The van der Waals surface area contributed by atoms with E-state index in [1.54, 1.807) is 0 Å². The Balaban J connectivity index is 0.000000640. The molecule has 0 unspecified atom stereocenters. The number of nitrogens with one attached hydrogen (secondary N) is 2. The molecular formula is C4H4AcN3O-. The van der Waals surface area contributed by atoms with E-state index >= 15 is 0 Å². The van der Waals surface area contributed by atoms with Crippen LogP contribution < -0.4 is 5.69 Å². The first-order valence-corrected chi connectivity index (χ1v) is 2.06. The Bertz CT molecular complexity index is 233. The van der Waals surface area contributed by atoms with E-state index in [2.05, 4.69) is 9.97 Å². The third kappa shape index (κ3) is 2.97. The van der Waals surface area contributed by atoms with Gasteiger partial charge in [0.1, 0.15) is 0 Å². The summed E-state index contributed by atoms with van der Waals surface area (Å²) in [5.41, 5.74) is 6.37. The summed E-state index contributed by atoms with van der Waals surface area (Å²) in [7, 11) is 0. The Morgan fingerprint density at radius 1 is 1.67 bits per heavy atom. The van der Waals surface area contributed by atoms with Gasteiger partial charge in [0.2, 0.25) is 0 Å². The molecule has 1 aromatic heterocycles. The van der Waals surface area contributed by atoms with Crippen LogP contribution in [0, 0.1) is 44.1 Å². The minimum absolute atomic E-state index is 0. The van der Waals surface area contributed by atoms with E-state index in [1.165, 1.54) is 12.3 Å². The predicted molar refractivity (Wildman–Crippen MR) is 28.8 cm³/mol. The molecule has 1 radical (unpaired) electrons. The summed E-state index contributed by atoms with van der Waals surface area (Å²) in [5, 5.41) is 0. The third-order valence-electron chi connectivity index (χ3n) is 0.675. The second-order valence-corrected chi connectivity index (χ2v) is 1.29. The van der Waals surface area contributed by atoms with Gasteiger partial charge in [0, 0.05) is 50.3 Å². The third-order valence-corrected chi connectivity index (χ3v) is 0.675. The van der Waals surface area contributed by atoms with Crippen LogP contribution in [0.5, 0.6) is 0 Å². The molecule has 0 spiro atoms. The average molecular weight is 337 g/mol. The Kier molecular flexibility index (Phi) is 4.07. The zero-order chi connectivity index (χ0) is 5.98. The van der Waals surface area contributed by atoms with Crippen molar-refractivity contribution in [3.8, 4) is 0 Å². The van der Waals surface area contributed by atoms with Crippen molar-refractivity contribution in [1.82, 2.24) is 9.97 Å². The normalized spacial score (nSPS) is 8.00. The monoisotopic (exact) mass is 337 g/mol. The summed E-state index contributed by atoms with van der Waals surface area (Å²) in [4.78, 5) is 15.7. The Morgan fingerprint density at radius 2 is 2.33 bits per heavy atom. The fourth-order valence-electron chi connectivity index (χ4n) is 0.369. The van der Waals surface area contributed by atoms with Crippen LogP contribution in [0.25, 0.3) is 5.73 Å². The predicted octanol–water partition coefficient (Wildman–Crippen LogP) is 0.454. The summed E-state index contributed by atoms with van der Waals surface area (Å²) in [6.07, 6.45) is 1.29. The van der Waals surface area contributed by atoms with Gasteiger partial charge in [-0.25, -0.2) is 4.98 Å². The number of aromatic nitrogens is 2. The number of H-pyrrole nitrogens is 1. The maximum absolute atomic E-state index is 10.2. The van der Waals surface area contributed by atoms with Gasteiger partial charge < -0.3 is 10.7 Å². The molecule has 0 saturated heterocycles. The zero-order valence-electron chi connectivity index (χ0n) is 4.59. The van der Waals surface area contributed by atoms with Gasteiger partial charge in [-0.2, -0.15) is 0 Å². The van der Waals surface area contributed by atoms with E-state index in [9.17, 15) is 4.79 Å². The first kappa shape index (κ1) is 9.12. The van der Waals surface area contributed by atoms with E-state index in [0.717, 1.165) is 0 Å². The summed E-state index contributed by atoms with van der Waals surface area (Å²) >= 11 is 0. The van der Waals surface area contributed by atoms with Gasteiger partial charge in [0.25, 0.3) is 5.69 Å². The molecule has 0 aromatic carbocycles. The molecule has 1 aromatic rings. The largest absolute Gasteiger partial charge is 0.482 e. The van der Waals surface area contributed by atoms with E-state index in [0.29, 0.717) is 0 Å².